The maximum Gasteiger partial charge on any atom is 0.301 e. The lowest BCUT2D eigenvalue weighted by atomic mass is 10.1. The van der Waals surface area contributed by atoms with E-state index in [4.69, 9.17) is 0 Å². The minimum Gasteiger partial charge on any atom is -0.379 e. The van der Waals surface area contributed by atoms with E-state index >= 15 is 0 Å². The molecule has 0 spiro atoms. The summed E-state index contributed by atoms with van der Waals surface area (Å²) in [6.45, 7) is 0.660. The van der Waals surface area contributed by atoms with Crippen LogP contribution in [0.15, 0.2) is 48.0 Å². The lowest BCUT2D eigenvalue weighted by Gasteiger charge is -2.08. The highest BCUT2D eigenvalue weighted by molar-refractivity contribution is 7.09. The molecule has 0 aliphatic rings. The summed E-state index contributed by atoms with van der Waals surface area (Å²) in [5.74, 6) is 0. The molecule has 0 unspecified atom stereocenters. The summed E-state index contributed by atoms with van der Waals surface area (Å²) in [5, 5.41) is 17.1. The van der Waals surface area contributed by atoms with Gasteiger partial charge in [-0.1, -0.05) is 6.07 Å². The van der Waals surface area contributed by atoms with Crippen LogP contribution in [0.1, 0.15) is 4.88 Å². The summed E-state index contributed by atoms with van der Waals surface area (Å²) in [7, 11) is 0. The van der Waals surface area contributed by atoms with E-state index in [-0.39, 0.29) is 10.6 Å². The van der Waals surface area contributed by atoms with Crippen molar-refractivity contribution in [2.24, 2.45) is 0 Å². The van der Waals surface area contributed by atoms with E-state index in [1.165, 1.54) is 4.88 Å². The van der Waals surface area contributed by atoms with Crippen LogP contribution in [0.3, 0.4) is 0 Å². The van der Waals surface area contributed by atoms with Crippen LogP contribution in [0, 0.1) is 10.1 Å². The maximum atomic E-state index is 11.4. The SMILES string of the molecule is O=[N+]([O-])c1c(NCCc2cccs2)ccc2ncccc12. The minimum atomic E-state index is -0.350. The topological polar surface area (TPSA) is 68.1 Å². The van der Waals surface area contributed by atoms with Crippen molar-refractivity contribution in [3.05, 3.63) is 63.0 Å². The number of nitro groups is 1. The first kappa shape index (κ1) is 13.5. The summed E-state index contributed by atoms with van der Waals surface area (Å²) < 4.78 is 0. The molecule has 0 fully saturated rings. The Kier molecular flexibility index (Phi) is 3.79. The van der Waals surface area contributed by atoms with Crippen LogP contribution < -0.4 is 5.32 Å². The molecule has 1 aromatic carbocycles. The highest BCUT2D eigenvalue weighted by Crippen LogP contribution is 2.32. The number of benzene rings is 1. The van der Waals surface area contributed by atoms with Crippen molar-refractivity contribution in [1.82, 2.24) is 4.98 Å². The molecule has 0 bridgehead atoms. The average Bonchev–Trinajstić information content (AvgIpc) is 3.00. The van der Waals surface area contributed by atoms with Crippen molar-refractivity contribution in [2.75, 3.05) is 11.9 Å². The number of nitrogens with zero attached hydrogens (tertiary/aromatic N) is 2. The molecule has 0 radical (unpaired) electrons. The number of aromatic nitrogens is 1. The van der Waals surface area contributed by atoms with Crippen molar-refractivity contribution in [2.45, 2.75) is 6.42 Å². The Morgan fingerprint density at radius 2 is 2.14 bits per heavy atom. The van der Waals surface area contributed by atoms with E-state index in [0.29, 0.717) is 23.1 Å². The molecule has 0 aliphatic carbocycles. The van der Waals surface area contributed by atoms with E-state index in [1.54, 1.807) is 41.8 Å². The van der Waals surface area contributed by atoms with E-state index in [1.807, 2.05) is 11.4 Å². The van der Waals surface area contributed by atoms with Gasteiger partial charge in [-0.05, 0) is 42.1 Å². The number of thiophene rings is 1. The second-order valence-corrected chi connectivity index (χ2v) is 5.58. The predicted molar refractivity (Wildman–Crippen MR) is 84.9 cm³/mol. The summed E-state index contributed by atoms with van der Waals surface area (Å²) in [6, 6.07) is 11.0. The van der Waals surface area contributed by atoms with Crippen molar-refractivity contribution < 1.29 is 4.92 Å². The molecule has 2 heterocycles. The summed E-state index contributed by atoms with van der Waals surface area (Å²) >= 11 is 1.69. The van der Waals surface area contributed by atoms with Crippen LogP contribution in [0.25, 0.3) is 10.9 Å². The summed E-state index contributed by atoms with van der Waals surface area (Å²) in [4.78, 5) is 16.4. The van der Waals surface area contributed by atoms with Gasteiger partial charge >= 0.3 is 5.69 Å². The van der Waals surface area contributed by atoms with Crippen molar-refractivity contribution in [3.63, 3.8) is 0 Å². The number of nitro benzene ring substituents is 1. The Morgan fingerprint density at radius 1 is 1.24 bits per heavy atom. The Hall–Kier alpha value is -2.47. The Labute approximate surface area is 125 Å². The molecular formula is C15H13N3O2S. The molecule has 0 amide bonds. The van der Waals surface area contributed by atoms with Gasteiger partial charge in [0, 0.05) is 17.6 Å². The van der Waals surface area contributed by atoms with E-state index in [9.17, 15) is 10.1 Å². The first-order chi connectivity index (χ1) is 10.3. The van der Waals surface area contributed by atoms with Gasteiger partial charge in [0.25, 0.3) is 0 Å². The fourth-order valence-electron chi connectivity index (χ4n) is 2.25. The summed E-state index contributed by atoms with van der Waals surface area (Å²) in [6.07, 6.45) is 2.48. The fourth-order valence-corrected chi connectivity index (χ4v) is 2.96. The molecule has 0 aliphatic heterocycles. The van der Waals surface area contributed by atoms with Gasteiger partial charge in [0.15, 0.2) is 0 Å². The molecule has 3 aromatic rings. The molecule has 5 nitrogen and oxygen atoms in total. The van der Waals surface area contributed by atoms with Crippen LogP contribution in [-0.2, 0) is 6.42 Å². The Balaban J connectivity index is 1.87. The molecule has 6 heteroatoms. The van der Waals surface area contributed by atoms with Crippen LogP contribution in [-0.4, -0.2) is 16.5 Å². The Bertz CT molecular complexity index is 772. The lowest BCUT2D eigenvalue weighted by molar-refractivity contribution is -0.382. The van der Waals surface area contributed by atoms with Gasteiger partial charge in [0.1, 0.15) is 5.69 Å². The van der Waals surface area contributed by atoms with Gasteiger partial charge in [-0.25, -0.2) is 0 Å². The number of anilines is 1. The molecule has 0 saturated carbocycles. The van der Waals surface area contributed by atoms with Gasteiger partial charge in [-0.2, -0.15) is 0 Å². The second kappa shape index (κ2) is 5.88. The smallest absolute Gasteiger partial charge is 0.301 e. The van der Waals surface area contributed by atoms with Crippen molar-refractivity contribution in [3.8, 4) is 0 Å². The predicted octanol–water partition coefficient (Wildman–Crippen LogP) is 3.86. The fraction of sp³-hybridized carbons (Fsp3) is 0.133. The van der Waals surface area contributed by atoms with Gasteiger partial charge < -0.3 is 5.32 Å². The number of hydrogen-bond acceptors (Lipinski definition) is 5. The minimum absolute atomic E-state index is 0.0896. The zero-order chi connectivity index (χ0) is 14.7. The molecule has 0 atom stereocenters. The third kappa shape index (κ3) is 2.85. The van der Waals surface area contributed by atoms with Crippen LogP contribution in [0.5, 0.6) is 0 Å². The standard InChI is InChI=1S/C15H13N3O2S/c19-18(20)15-12-4-1-8-16-13(12)5-6-14(15)17-9-7-11-3-2-10-21-11/h1-6,8,10,17H,7,9H2. The molecule has 1 N–H and O–H groups in total. The van der Waals surface area contributed by atoms with Crippen LogP contribution in [0.2, 0.25) is 0 Å². The van der Waals surface area contributed by atoms with Gasteiger partial charge in [0.05, 0.1) is 15.8 Å². The van der Waals surface area contributed by atoms with Crippen molar-refractivity contribution >= 4 is 33.6 Å². The number of hydrogen-bond donors (Lipinski definition) is 1. The zero-order valence-electron chi connectivity index (χ0n) is 11.2. The lowest BCUT2D eigenvalue weighted by Crippen LogP contribution is -2.06. The highest BCUT2D eigenvalue weighted by Gasteiger charge is 2.18. The number of pyridine rings is 1. The third-order valence-corrected chi connectivity index (χ3v) is 4.14. The molecule has 106 valence electrons. The van der Waals surface area contributed by atoms with E-state index in [2.05, 4.69) is 16.4 Å². The van der Waals surface area contributed by atoms with Gasteiger partial charge in [-0.3, -0.25) is 15.1 Å². The first-order valence-electron chi connectivity index (χ1n) is 6.54. The second-order valence-electron chi connectivity index (χ2n) is 4.55. The van der Waals surface area contributed by atoms with Gasteiger partial charge in [0.2, 0.25) is 0 Å². The van der Waals surface area contributed by atoms with Crippen LogP contribution in [0.4, 0.5) is 11.4 Å². The largest absolute Gasteiger partial charge is 0.379 e. The number of nitrogens with one attached hydrogen (secondary N) is 1. The van der Waals surface area contributed by atoms with Crippen LogP contribution >= 0.6 is 11.3 Å². The van der Waals surface area contributed by atoms with E-state index in [0.717, 1.165) is 6.42 Å². The zero-order valence-corrected chi connectivity index (χ0v) is 12.0. The average molecular weight is 299 g/mol. The molecule has 21 heavy (non-hydrogen) atoms. The normalized spacial score (nSPS) is 10.7. The maximum absolute atomic E-state index is 11.4. The molecular weight excluding hydrogens is 286 g/mol. The van der Waals surface area contributed by atoms with Gasteiger partial charge in [-0.15, -0.1) is 11.3 Å². The molecule has 3 rings (SSSR count). The third-order valence-electron chi connectivity index (χ3n) is 3.21. The quantitative estimate of drug-likeness (QED) is 0.574. The number of rotatable bonds is 5. The summed E-state index contributed by atoms with van der Waals surface area (Å²) in [5.41, 5.74) is 1.26. The Morgan fingerprint density at radius 3 is 2.90 bits per heavy atom. The van der Waals surface area contributed by atoms with Crippen molar-refractivity contribution in [1.29, 1.82) is 0 Å². The number of fused-ring (bicyclic) bond motifs is 1. The molecule has 0 saturated heterocycles. The molecule has 2 aromatic heterocycles. The van der Waals surface area contributed by atoms with E-state index < -0.39 is 0 Å². The monoisotopic (exact) mass is 299 g/mol. The highest BCUT2D eigenvalue weighted by atomic mass is 32.1. The first-order valence-corrected chi connectivity index (χ1v) is 7.42.